The monoisotopic (exact) mass is 366 g/mol. The quantitative estimate of drug-likeness (QED) is 0.809. The molecular formula is C22H30N4O. The molecule has 1 N–H and O–H groups in total. The average molecular weight is 367 g/mol. The molecule has 1 aliphatic carbocycles. The van der Waals surface area contributed by atoms with Gasteiger partial charge in [-0.1, -0.05) is 37.1 Å². The standard InChI is InChI=1S/C22H30N4O/c1-15-20(13-24-25(15)3)21-14-26(16(2)18-8-4-5-9-19(18)21)22(27)23-12-6-7-17-10-11-17/h4-5,8-9,13,16-17,21H,6-7,10-12,14H2,1-3H3,(H,23,27). The topological polar surface area (TPSA) is 50.2 Å². The number of aryl methyl sites for hydroxylation is 1. The number of carbonyl (C=O) groups is 1. The molecule has 1 saturated carbocycles. The Morgan fingerprint density at radius 3 is 2.63 bits per heavy atom. The molecule has 1 aliphatic heterocycles. The molecule has 2 amide bonds. The Morgan fingerprint density at radius 2 is 1.96 bits per heavy atom. The van der Waals surface area contributed by atoms with Gasteiger partial charge in [-0.15, -0.1) is 0 Å². The van der Waals surface area contributed by atoms with E-state index in [9.17, 15) is 4.79 Å². The summed E-state index contributed by atoms with van der Waals surface area (Å²) in [5.41, 5.74) is 4.93. The van der Waals surface area contributed by atoms with Crippen LogP contribution in [0.15, 0.2) is 30.5 Å². The van der Waals surface area contributed by atoms with Crippen LogP contribution in [-0.4, -0.2) is 33.8 Å². The number of amides is 2. The molecule has 5 heteroatoms. The fourth-order valence-electron chi connectivity index (χ4n) is 4.31. The van der Waals surface area contributed by atoms with Gasteiger partial charge in [0.25, 0.3) is 0 Å². The summed E-state index contributed by atoms with van der Waals surface area (Å²) in [6.07, 6.45) is 7.04. The van der Waals surface area contributed by atoms with E-state index in [4.69, 9.17) is 0 Å². The smallest absolute Gasteiger partial charge is 0.317 e. The summed E-state index contributed by atoms with van der Waals surface area (Å²) in [4.78, 5) is 14.9. The van der Waals surface area contributed by atoms with E-state index in [0.29, 0.717) is 6.54 Å². The van der Waals surface area contributed by atoms with Gasteiger partial charge >= 0.3 is 6.03 Å². The van der Waals surface area contributed by atoms with E-state index in [1.165, 1.54) is 36.0 Å². The Balaban J connectivity index is 1.54. The zero-order valence-electron chi connectivity index (χ0n) is 16.6. The number of nitrogens with one attached hydrogen (secondary N) is 1. The summed E-state index contributed by atoms with van der Waals surface area (Å²) in [7, 11) is 1.97. The van der Waals surface area contributed by atoms with Crippen LogP contribution in [0, 0.1) is 12.8 Å². The Bertz CT molecular complexity index is 823. The molecule has 0 bridgehead atoms. The maximum absolute atomic E-state index is 12.9. The first-order valence-corrected chi connectivity index (χ1v) is 10.2. The predicted octanol–water partition coefficient (Wildman–Crippen LogP) is 4.14. The highest BCUT2D eigenvalue weighted by Crippen LogP contribution is 2.40. The molecule has 0 radical (unpaired) electrons. The summed E-state index contributed by atoms with van der Waals surface area (Å²) in [6.45, 7) is 5.70. The van der Waals surface area contributed by atoms with Gasteiger partial charge in [0.15, 0.2) is 0 Å². The summed E-state index contributed by atoms with van der Waals surface area (Å²) >= 11 is 0. The van der Waals surface area contributed by atoms with Gasteiger partial charge in [-0.2, -0.15) is 5.10 Å². The van der Waals surface area contributed by atoms with Gasteiger partial charge in [0.2, 0.25) is 0 Å². The van der Waals surface area contributed by atoms with Crippen molar-refractivity contribution < 1.29 is 4.79 Å². The van der Waals surface area contributed by atoms with E-state index in [2.05, 4.69) is 48.5 Å². The van der Waals surface area contributed by atoms with Crippen molar-refractivity contribution in [1.82, 2.24) is 20.0 Å². The Hall–Kier alpha value is -2.30. The van der Waals surface area contributed by atoms with Crippen molar-refractivity contribution in [3.8, 4) is 0 Å². The summed E-state index contributed by atoms with van der Waals surface area (Å²) in [5, 5.41) is 7.59. The molecule has 2 aromatic rings. The average Bonchev–Trinajstić information content (AvgIpc) is 3.45. The lowest BCUT2D eigenvalue weighted by Gasteiger charge is -2.39. The van der Waals surface area contributed by atoms with Crippen LogP contribution in [0.2, 0.25) is 0 Å². The molecule has 2 aliphatic rings. The molecule has 5 nitrogen and oxygen atoms in total. The van der Waals surface area contributed by atoms with E-state index < -0.39 is 0 Å². The van der Waals surface area contributed by atoms with E-state index >= 15 is 0 Å². The van der Waals surface area contributed by atoms with Crippen LogP contribution in [0.1, 0.15) is 67.0 Å². The van der Waals surface area contributed by atoms with Gasteiger partial charge < -0.3 is 10.2 Å². The molecule has 27 heavy (non-hydrogen) atoms. The number of carbonyl (C=O) groups excluding carboxylic acids is 1. The van der Waals surface area contributed by atoms with E-state index in [1.807, 2.05) is 22.8 Å². The first-order valence-electron chi connectivity index (χ1n) is 10.2. The van der Waals surface area contributed by atoms with Gasteiger partial charge in [0.05, 0.1) is 12.2 Å². The molecule has 2 atom stereocenters. The molecule has 1 aromatic heterocycles. The zero-order valence-corrected chi connectivity index (χ0v) is 16.6. The Labute approximate surface area is 161 Å². The van der Waals surface area contributed by atoms with Crippen molar-refractivity contribution in [2.45, 2.75) is 51.5 Å². The van der Waals surface area contributed by atoms with E-state index in [1.54, 1.807) is 0 Å². The van der Waals surface area contributed by atoms with Crippen LogP contribution in [0.25, 0.3) is 0 Å². The van der Waals surface area contributed by atoms with Crippen LogP contribution in [0.4, 0.5) is 4.79 Å². The van der Waals surface area contributed by atoms with Crippen molar-refractivity contribution in [3.05, 3.63) is 52.8 Å². The molecule has 2 unspecified atom stereocenters. The molecule has 1 aromatic carbocycles. The summed E-state index contributed by atoms with van der Waals surface area (Å²) < 4.78 is 1.91. The van der Waals surface area contributed by atoms with Crippen LogP contribution in [0.3, 0.4) is 0 Å². The molecular weight excluding hydrogens is 336 g/mol. The van der Waals surface area contributed by atoms with Crippen molar-refractivity contribution in [1.29, 1.82) is 0 Å². The molecule has 0 spiro atoms. The van der Waals surface area contributed by atoms with Gasteiger partial charge in [-0.05, 0) is 43.7 Å². The minimum Gasteiger partial charge on any atom is -0.338 e. The second kappa shape index (κ2) is 7.37. The van der Waals surface area contributed by atoms with Crippen molar-refractivity contribution >= 4 is 6.03 Å². The lowest BCUT2D eigenvalue weighted by atomic mass is 9.82. The maximum Gasteiger partial charge on any atom is 0.317 e. The second-order valence-corrected chi connectivity index (χ2v) is 8.14. The largest absolute Gasteiger partial charge is 0.338 e. The molecule has 1 fully saturated rings. The normalized spacial score (nSPS) is 21.8. The Morgan fingerprint density at radius 1 is 1.22 bits per heavy atom. The van der Waals surface area contributed by atoms with Crippen molar-refractivity contribution in [2.24, 2.45) is 13.0 Å². The second-order valence-electron chi connectivity index (χ2n) is 8.14. The summed E-state index contributed by atoms with van der Waals surface area (Å²) in [5.74, 6) is 1.09. The lowest BCUT2D eigenvalue weighted by Crippen LogP contribution is -2.46. The van der Waals surface area contributed by atoms with Gasteiger partial charge in [0, 0.05) is 37.3 Å². The van der Waals surface area contributed by atoms with Crippen LogP contribution in [0.5, 0.6) is 0 Å². The molecule has 0 saturated heterocycles. The van der Waals surface area contributed by atoms with E-state index in [-0.39, 0.29) is 18.0 Å². The molecule has 4 rings (SSSR count). The highest BCUT2D eigenvalue weighted by molar-refractivity contribution is 5.75. The number of urea groups is 1. The fourth-order valence-corrected chi connectivity index (χ4v) is 4.31. The van der Waals surface area contributed by atoms with Crippen molar-refractivity contribution in [2.75, 3.05) is 13.1 Å². The third-order valence-electron chi connectivity index (χ3n) is 6.34. The van der Waals surface area contributed by atoms with Crippen molar-refractivity contribution in [3.63, 3.8) is 0 Å². The number of hydrogen-bond donors (Lipinski definition) is 1. The minimum atomic E-state index is 0.0549. The number of nitrogens with zero attached hydrogens (tertiary/aromatic N) is 3. The van der Waals surface area contributed by atoms with Crippen LogP contribution >= 0.6 is 0 Å². The number of rotatable bonds is 5. The number of hydrogen-bond acceptors (Lipinski definition) is 2. The maximum atomic E-state index is 12.9. The van der Waals surface area contributed by atoms with Gasteiger partial charge in [-0.25, -0.2) is 4.79 Å². The zero-order chi connectivity index (χ0) is 19.0. The third kappa shape index (κ3) is 3.60. The lowest BCUT2D eigenvalue weighted by molar-refractivity contribution is 0.170. The number of aromatic nitrogens is 2. The third-order valence-corrected chi connectivity index (χ3v) is 6.34. The number of benzene rings is 1. The minimum absolute atomic E-state index is 0.0549. The predicted molar refractivity (Wildman–Crippen MR) is 107 cm³/mol. The molecule has 2 heterocycles. The van der Waals surface area contributed by atoms with Crippen LogP contribution < -0.4 is 5.32 Å². The fraction of sp³-hybridized carbons (Fsp3) is 0.545. The van der Waals surface area contributed by atoms with Crippen LogP contribution in [-0.2, 0) is 7.05 Å². The number of fused-ring (bicyclic) bond motifs is 1. The highest BCUT2D eigenvalue weighted by atomic mass is 16.2. The van der Waals surface area contributed by atoms with Gasteiger partial charge in [-0.3, -0.25) is 4.68 Å². The Kier molecular flexibility index (Phi) is 4.94. The first-order chi connectivity index (χ1) is 13.1. The first kappa shape index (κ1) is 18.1. The van der Waals surface area contributed by atoms with E-state index in [0.717, 1.165) is 24.6 Å². The molecule has 144 valence electrons. The summed E-state index contributed by atoms with van der Waals surface area (Å²) in [6, 6.07) is 8.66. The highest BCUT2D eigenvalue weighted by Gasteiger charge is 2.35. The SMILES string of the molecule is Cc1c(C2CN(C(=O)NCCCC3CC3)C(C)c3ccccc32)cnn1C. The van der Waals surface area contributed by atoms with Gasteiger partial charge in [0.1, 0.15) is 0 Å².